The Morgan fingerprint density at radius 3 is 2.38 bits per heavy atom. The second kappa shape index (κ2) is 7.56. The molecule has 0 aliphatic heterocycles. The van der Waals surface area contributed by atoms with E-state index in [4.69, 9.17) is 18.7 Å². The van der Waals surface area contributed by atoms with Gasteiger partial charge in [0.25, 0.3) is 0 Å². The normalized spacial score (nSPS) is 12.7. The zero-order valence-electron chi connectivity index (χ0n) is 10.3. The lowest BCUT2D eigenvalue weighted by molar-refractivity contribution is -0.139. The minimum atomic E-state index is -2.38. The van der Waals surface area contributed by atoms with Crippen molar-refractivity contribution >= 4 is 14.5 Å². The van der Waals surface area contributed by atoms with Crippen LogP contribution < -0.4 is 0 Å². The molecule has 0 aliphatic carbocycles. The number of hydrogen-bond donors (Lipinski definition) is 1. The molecule has 0 saturated carbocycles. The Morgan fingerprint density at radius 2 is 1.94 bits per heavy atom. The number of carbonyl (C=O) groups excluding carboxylic acids is 1. The maximum atomic E-state index is 11.5. The summed E-state index contributed by atoms with van der Waals surface area (Å²) >= 11 is 0. The zero-order chi connectivity index (χ0) is 12.6. The van der Waals surface area contributed by atoms with Crippen LogP contribution in [0.2, 0.25) is 6.55 Å². The van der Waals surface area contributed by atoms with E-state index in [0.29, 0.717) is 12.0 Å². The van der Waals surface area contributed by atoms with Crippen LogP contribution in [0.5, 0.6) is 0 Å². The van der Waals surface area contributed by atoms with Crippen molar-refractivity contribution in [2.75, 3.05) is 27.4 Å². The molecule has 0 aromatic rings. The van der Waals surface area contributed by atoms with Crippen LogP contribution in [0.4, 0.5) is 0 Å². The molecule has 0 saturated heterocycles. The number of esters is 1. The third-order valence-corrected chi connectivity index (χ3v) is 4.73. The number of ether oxygens (including phenoxy) is 1. The van der Waals surface area contributed by atoms with E-state index >= 15 is 0 Å². The molecule has 0 aromatic carbocycles. The van der Waals surface area contributed by atoms with E-state index in [1.807, 2.05) is 6.55 Å². The minimum absolute atomic E-state index is 0.0125. The summed E-state index contributed by atoms with van der Waals surface area (Å²) in [7, 11) is 0.721. The third-order valence-electron chi connectivity index (χ3n) is 2.15. The van der Waals surface area contributed by atoms with Gasteiger partial charge in [-0.15, -0.1) is 0 Å². The van der Waals surface area contributed by atoms with Crippen LogP contribution in [-0.4, -0.2) is 47.1 Å². The molecule has 0 atom stereocenters. The first-order chi connectivity index (χ1) is 7.49. The highest BCUT2D eigenvalue weighted by molar-refractivity contribution is 6.71. The molecule has 0 unspecified atom stereocenters. The van der Waals surface area contributed by atoms with Crippen LogP contribution in [0.15, 0.2) is 11.3 Å². The zero-order valence-corrected chi connectivity index (χ0v) is 11.3. The summed E-state index contributed by atoms with van der Waals surface area (Å²) in [6, 6.07) is 0. The van der Waals surface area contributed by atoms with Gasteiger partial charge < -0.3 is 18.7 Å². The molecule has 6 heteroatoms. The molecule has 0 amide bonds. The highest BCUT2D eigenvalue weighted by Crippen LogP contribution is 2.10. The Balaban J connectivity index is 4.35. The summed E-state index contributed by atoms with van der Waals surface area (Å²) in [5, 5.41) is 8.54. The summed E-state index contributed by atoms with van der Waals surface area (Å²) in [5.41, 5.74) is 2.16. The average Bonchev–Trinajstić information content (AvgIpc) is 2.29. The van der Waals surface area contributed by atoms with E-state index in [1.165, 1.54) is 0 Å². The maximum Gasteiger partial charge on any atom is 0.361 e. The lowest BCUT2D eigenvalue weighted by Gasteiger charge is -2.19. The van der Waals surface area contributed by atoms with Gasteiger partial charge in [0.15, 0.2) is 0 Å². The predicted molar refractivity (Wildman–Crippen MR) is 62.1 cm³/mol. The van der Waals surface area contributed by atoms with Gasteiger partial charge in [-0.2, -0.15) is 0 Å². The second-order valence-electron chi connectivity index (χ2n) is 3.46. The van der Waals surface area contributed by atoms with Gasteiger partial charge in [-0.05, 0) is 19.2 Å². The van der Waals surface area contributed by atoms with Gasteiger partial charge in [-0.3, -0.25) is 0 Å². The van der Waals surface area contributed by atoms with Crippen molar-refractivity contribution in [1.82, 2.24) is 0 Å². The summed E-state index contributed by atoms with van der Waals surface area (Å²) in [5.74, 6) is -0.402. The van der Waals surface area contributed by atoms with Crippen LogP contribution in [0, 0.1) is 0 Å². The standard InChI is InChI=1S/C10H20O5Si/c1-9(8-16(4,13-2)14-3)10(12)15-7-5-6-11/h8,11H,5-7H2,1-4H3. The van der Waals surface area contributed by atoms with E-state index in [2.05, 4.69) is 0 Å². The monoisotopic (exact) mass is 248 g/mol. The fraction of sp³-hybridized carbons (Fsp3) is 0.700. The Morgan fingerprint density at radius 1 is 1.38 bits per heavy atom. The number of carbonyl (C=O) groups is 1. The van der Waals surface area contributed by atoms with E-state index in [1.54, 1.807) is 26.8 Å². The van der Waals surface area contributed by atoms with Crippen molar-refractivity contribution in [2.45, 2.75) is 19.9 Å². The van der Waals surface area contributed by atoms with Crippen LogP contribution in [0.3, 0.4) is 0 Å². The summed E-state index contributed by atoms with van der Waals surface area (Å²) < 4.78 is 15.4. The molecule has 0 bridgehead atoms. The maximum absolute atomic E-state index is 11.5. The van der Waals surface area contributed by atoms with Crippen molar-refractivity contribution in [3.05, 3.63) is 11.3 Å². The van der Waals surface area contributed by atoms with Crippen LogP contribution >= 0.6 is 0 Å². The van der Waals surface area contributed by atoms with E-state index in [9.17, 15) is 4.79 Å². The van der Waals surface area contributed by atoms with Gasteiger partial charge in [0.05, 0.1) is 6.61 Å². The van der Waals surface area contributed by atoms with Gasteiger partial charge in [-0.1, -0.05) is 0 Å². The first kappa shape index (κ1) is 15.3. The lowest BCUT2D eigenvalue weighted by Crippen LogP contribution is -2.35. The molecule has 1 N–H and O–H groups in total. The molecule has 0 spiro atoms. The van der Waals surface area contributed by atoms with Crippen LogP contribution in [0.1, 0.15) is 13.3 Å². The number of hydrogen-bond acceptors (Lipinski definition) is 5. The minimum Gasteiger partial charge on any atom is -0.462 e. The van der Waals surface area contributed by atoms with Gasteiger partial charge in [0.1, 0.15) is 0 Å². The van der Waals surface area contributed by atoms with Crippen LogP contribution in [0.25, 0.3) is 0 Å². The number of aliphatic hydroxyl groups is 1. The molecule has 5 nitrogen and oxygen atoms in total. The van der Waals surface area contributed by atoms with Gasteiger partial charge in [0, 0.05) is 32.8 Å². The highest BCUT2D eigenvalue weighted by Gasteiger charge is 2.27. The Hall–Kier alpha value is -0.693. The molecular weight excluding hydrogens is 228 g/mol. The predicted octanol–water partition coefficient (Wildman–Crippen LogP) is 0.762. The molecule has 16 heavy (non-hydrogen) atoms. The largest absolute Gasteiger partial charge is 0.462 e. The number of aliphatic hydroxyl groups excluding tert-OH is 1. The SMILES string of the molecule is CO[Si](C)(C=C(C)C(=O)OCCCO)OC. The molecule has 0 fully saturated rings. The van der Waals surface area contributed by atoms with Crippen molar-refractivity contribution in [2.24, 2.45) is 0 Å². The molecular formula is C10H20O5Si. The van der Waals surface area contributed by atoms with Gasteiger partial charge in [0.2, 0.25) is 0 Å². The van der Waals surface area contributed by atoms with Crippen molar-refractivity contribution in [1.29, 1.82) is 0 Å². The molecule has 0 aliphatic rings. The number of rotatable bonds is 7. The topological polar surface area (TPSA) is 65.0 Å². The summed E-state index contributed by atoms with van der Waals surface area (Å²) in [4.78, 5) is 11.5. The second-order valence-corrected chi connectivity index (χ2v) is 6.60. The Kier molecular flexibility index (Phi) is 7.23. The Labute approximate surface area is 97.3 Å². The van der Waals surface area contributed by atoms with Gasteiger partial charge >= 0.3 is 14.5 Å². The quantitative estimate of drug-likeness (QED) is 0.312. The molecule has 94 valence electrons. The van der Waals surface area contributed by atoms with Crippen molar-refractivity contribution in [3.8, 4) is 0 Å². The fourth-order valence-corrected chi connectivity index (χ4v) is 2.30. The lowest BCUT2D eigenvalue weighted by atomic mass is 10.3. The smallest absolute Gasteiger partial charge is 0.361 e. The van der Waals surface area contributed by atoms with Crippen LogP contribution in [-0.2, 0) is 18.4 Å². The highest BCUT2D eigenvalue weighted by atomic mass is 28.4. The van der Waals surface area contributed by atoms with E-state index in [-0.39, 0.29) is 13.2 Å². The fourth-order valence-electron chi connectivity index (χ4n) is 0.997. The molecule has 0 rings (SSSR count). The average molecular weight is 248 g/mol. The van der Waals surface area contributed by atoms with Gasteiger partial charge in [-0.25, -0.2) is 4.79 Å². The molecule has 0 aromatic heterocycles. The third kappa shape index (κ3) is 5.41. The van der Waals surface area contributed by atoms with Crippen molar-refractivity contribution < 1.29 is 23.5 Å². The molecule has 0 heterocycles. The first-order valence-corrected chi connectivity index (χ1v) is 7.46. The Bertz CT molecular complexity index is 248. The van der Waals surface area contributed by atoms with Crippen molar-refractivity contribution in [3.63, 3.8) is 0 Å². The van der Waals surface area contributed by atoms with E-state index < -0.39 is 14.5 Å². The summed E-state index contributed by atoms with van der Waals surface area (Å²) in [6.07, 6.45) is 0.447. The first-order valence-electron chi connectivity index (χ1n) is 5.07. The molecule has 0 radical (unpaired) electrons. The summed E-state index contributed by atoms with van der Waals surface area (Å²) in [6.45, 7) is 3.72. The van der Waals surface area contributed by atoms with E-state index in [0.717, 1.165) is 0 Å².